The zero-order valence-electron chi connectivity index (χ0n) is 6.85. The molecular weight excluding hydrogens is 202 g/mol. The second kappa shape index (κ2) is 3.44. The zero-order valence-corrected chi connectivity index (χ0v) is 8.44. The molecule has 0 radical (unpaired) electrons. The smallest absolute Gasteiger partial charge is 0.0177 e. The summed E-state index contributed by atoms with van der Waals surface area (Å²) in [5, 5.41) is 3.48. The third-order valence-electron chi connectivity index (χ3n) is 3.19. The summed E-state index contributed by atoms with van der Waals surface area (Å²) in [6, 6.07) is 0. The van der Waals surface area contributed by atoms with Gasteiger partial charge in [0.1, 0.15) is 0 Å². The maximum absolute atomic E-state index is 3.80. The molecule has 1 heterocycles. The molecule has 1 saturated carbocycles. The Morgan fingerprint density at radius 1 is 1.18 bits per heavy atom. The molecular formula is C9H16BrN. The van der Waals surface area contributed by atoms with E-state index in [-0.39, 0.29) is 0 Å². The molecule has 2 aliphatic rings. The van der Waals surface area contributed by atoms with Gasteiger partial charge in [-0.05, 0) is 44.2 Å². The maximum Gasteiger partial charge on any atom is 0.0177 e. The van der Waals surface area contributed by atoms with Crippen molar-refractivity contribution in [1.29, 1.82) is 0 Å². The third-order valence-corrected chi connectivity index (χ3v) is 4.32. The van der Waals surface area contributed by atoms with Gasteiger partial charge in [0.25, 0.3) is 0 Å². The van der Waals surface area contributed by atoms with Crippen LogP contribution >= 0.6 is 15.9 Å². The monoisotopic (exact) mass is 217 g/mol. The Morgan fingerprint density at radius 2 is 2.09 bits per heavy atom. The van der Waals surface area contributed by atoms with Crippen LogP contribution in [0.1, 0.15) is 25.7 Å². The van der Waals surface area contributed by atoms with Crippen molar-refractivity contribution < 1.29 is 0 Å². The van der Waals surface area contributed by atoms with E-state index in [9.17, 15) is 0 Å². The molecule has 2 rings (SSSR count). The van der Waals surface area contributed by atoms with Gasteiger partial charge >= 0.3 is 0 Å². The second-order valence-corrected chi connectivity index (χ2v) is 5.04. The fourth-order valence-electron chi connectivity index (χ4n) is 2.52. The van der Waals surface area contributed by atoms with Crippen LogP contribution in [0.25, 0.3) is 0 Å². The molecule has 2 heteroatoms. The minimum absolute atomic E-state index is 0.823. The first kappa shape index (κ1) is 8.06. The van der Waals surface area contributed by atoms with E-state index in [1.165, 1.54) is 38.8 Å². The van der Waals surface area contributed by atoms with E-state index in [4.69, 9.17) is 0 Å². The Labute approximate surface area is 77.1 Å². The summed E-state index contributed by atoms with van der Waals surface area (Å²) in [4.78, 5) is 0.823. The molecule has 1 aliphatic carbocycles. The number of piperidine rings is 1. The topological polar surface area (TPSA) is 12.0 Å². The van der Waals surface area contributed by atoms with Crippen LogP contribution in [0, 0.1) is 11.8 Å². The Kier molecular flexibility index (Phi) is 2.52. The predicted octanol–water partition coefficient (Wildman–Crippen LogP) is 2.16. The van der Waals surface area contributed by atoms with Crippen LogP contribution in [-0.2, 0) is 0 Å². The fourth-order valence-corrected chi connectivity index (χ4v) is 3.54. The van der Waals surface area contributed by atoms with E-state index in [1.807, 2.05) is 0 Å². The summed E-state index contributed by atoms with van der Waals surface area (Å²) < 4.78 is 0. The van der Waals surface area contributed by atoms with Crippen molar-refractivity contribution in [2.45, 2.75) is 30.5 Å². The molecule has 2 fully saturated rings. The Bertz CT molecular complexity index is 136. The number of hydrogen-bond donors (Lipinski definition) is 1. The number of fused-ring (bicyclic) bond motifs is 1. The molecule has 0 aromatic rings. The highest BCUT2D eigenvalue weighted by Crippen LogP contribution is 2.37. The summed E-state index contributed by atoms with van der Waals surface area (Å²) >= 11 is 3.80. The van der Waals surface area contributed by atoms with Crippen molar-refractivity contribution in [3.05, 3.63) is 0 Å². The van der Waals surface area contributed by atoms with Gasteiger partial charge < -0.3 is 5.32 Å². The largest absolute Gasteiger partial charge is 0.316 e. The second-order valence-electron chi connectivity index (χ2n) is 3.86. The van der Waals surface area contributed by atoms with Crippen LogP contribution < -0.4 is 5.32 Å². The van der Waals surface area contributed by atoms with Crippen molar-refractivity contribution in [3.63, 3.8) is 0 Å². The number of rotatable bonds is 0. The molecule has 11 heavy (non-hydrogen) atoms. The zero-order chi connectivity index (χ0) is 7.68. The lowest BCUT2D eigenvalue weighted by Gasteiger charge is -2.39. The van der Waals surface area contributed by atoms with E-state index in [0.29, 0.717) is 0 Å². The summed E-state index contributed by atoms with van der Waals surface area (Å²) in [6.45, 7) is 2.51. The van der Waals surface area contributed by atoms with Crippen LogP contribution in [-0.4, -0.2) is 17.9 Å². The normalized spacial score (nSPS) is 45.0. The molecule has 0 spiro atoms. The van der Waals surface area contributed by atoms with Crippen molar-refractivity contribution >= 4 is 15.9 Å². The Balaban J connectivity index is 1.99. The van der Waals surface area contributed by atoms with Crippen LogP contribution in [0.15, 0.2) is 0 Å². The summed E-state index contributed by atoms with van der Waals surface area (Å²) in [6.07, 6.45) is 5.68. The summed E-state index contributed by atoms with van der Waals surface area (Å²) in [5.74, 6) is 1.95. The van der Waals surface area contributed by atoms with Gasteiger partial charge in [0.05, 0.1) is 0 Å². The van der Waals surface area contributed by atoms with Gasteiger partial charge in [-0.25, -0.2) is 0 Å². The van der Waals surface area contributed by atoms with Gasteiger partial charge in [0.2, 0.25) is 0 Å². The average Bonchev–Trinajstić information content (AvgIpc) is 2.06. The van der Waals surface area contributed by atoms with Crippen molar-refractivity contribution in [1.82, 2.24) is 5.32 Å². The molecule has 3 atom stereocenters. The SMILES string of the molecule is Br[C@@H]1CCC[C@@H]2CNCC[C@H]21. The number of nitrogens with one attached hydrogen (secondary N) is 1. The lowest BCUT2D eigenvalue weighted by atomic mass is 9.75. The number of halogens is 1. The van der Waals surface area contributed by atoms with E-state index >= 15 is 0 Å². The minimum Gasteiger partial charge on any atom is -0.316 e. The van der Waals surface area contributed by atoms with Crippen molar-refractivity contribution in [3.8, 4) is 0 Å². The predicted molar refractivity (Wildman–Crippen MR) is 51.0 cm³/mol. The van der Waals surface area contributed by atoms with Gasteiger partial charge in [0.15, 0.2) is 0 Å². The fraction of sp³-hybridized carbons (Fsp3) is 1.00. The van der Waals surface area contributed by atoms with E-state index in [1.54, 1.807) is 0 Å². The standard InChI is InChI=1S/C9H16BrN/c10-9-3-1-2-7-6-11-5-4-8(7)9/h7-9,11H,1-6H2/t7-,8-,9-/m1/s1. The highest BCUT2D eigenvalue weighted by Gasteiger charge is 2.32. The summed E-state index contributed by atoms with van der Waals surface area (Å²) in [5.41, 5.74) is 0. The molecule has 0 amide bonds. The first-order valence-corrected chi connectivity index (χ1v) is 5.64. The Hall–Kier alpha value is 0.440. The summed E-state index contributed by atoms with van der Waals surface area (Å²) in [7, 11) is 0. The van der Waals surface area contributed by atoms with Crippen LogP contribution in [0.4, 0.5) is 0 Å². The van der Waals surface area contributed by atoms with Crippen LogP contribution in [0.5, 0.6) is 0 Å². The van der Waals surface area contributed by atoms with Gasteiger partial charge in [-0.3, -0.25) is 0 Å². The maximum atomic E-state index is 3.80. The van der Waals surface area contributed by atoms with Crippen LogP contribution in [0.3, 0.4) is 0 Å². The first-order valence-electron chi connectivity index (χ1n) is 4.72. The molecule has 64 valence electrons. The Morgan fingerprint density at radius 3 is 2.91 bits per heavy atom. The van der Waals surface area contributed by atoms with Crippen molar-refractivity contribution in [2.24, 2.45) is 11.8 Å². The van der Waals surface area contributed by atoms with Crippen molar-refractivity contribution in [2.75, 3.05) is 13.1 Å². The van der Waals surface area contributed by atoms with Gasteiger partial charge in [0, 0.05) is 4.83 Å². The molecule has 0 aromatic carbocycles. The van der Waals surface area contributed by atoms with Gasteiger partial charge in [-0.15, -0.1) is 0 Å². The van der Waals surface area contributed by atoms with E-state index < -0.39 is 0 Å². The minimum atomic E-state index is 0.823. The third kappa shape index (κ3) is 1.62. The van der Waals surface area contributed by atoms with Crippen LogP contribution in [0.2, 0.25) is 0 Å². The highest BCUT2D eigenvalue weighted by atomic mass is 79.9. The lowest BCUT2D eigenvalue weighted by Crippen LogP contribution is -2.42. The lowest BCUT2D eigenvalue weighted by molar-refractivity contribution is 0.195. The molecule has 1 nitrogen and oxygen atoms in total. The van der Waals surface area contributed by atoms with E-state index in [2.05, 4.69) is 21.2 Å². The average molecular weight is 218 g/mol. The molecule has 1 N–H and O–H groups in total. The molecule has 0 bridgehead atoms. The van der Waals surface area contributed by atoms with E-state index in [0.717, 1.165) is 16.7 Å². The number of hydrogen-bond acceptors (Lipinski definition) is 1. The molecule has 0 aromatic heterocycles. The molecule has 1 aliphatic heterocycles. The van der Waals surface area contributed by atoms with Gasteiger partial charge in [-0.2, -0.15) is 0 Å². The van der Waals surface area contributed by atoms with Gasteiger partial charge in [-0.1, -0.05) is 22.4 Å². The first-order chi connectivity index (χ1) is 5.38. The quantitative estimate of drug-likeness (QED) is 0.614. The highest BCUT2D eigenvalue weighted by molar-refractivity contribution is 9.09. The molecule has 0 unspecified atom stereocenters. The number of alkyl halides is 1. The molecule has 1 saturated heterocycles.